The summed E-state index contributed by atoms with van der Waals surface area (Å²) in [6.07, 6.45) is 5.25. The van der Waals surface area contributed by atoms with Crippen molar-refractivity contribution in [3.63, 3.8) is 0 Å². The van der Waals surface area contributed by atoms with Crippen LogP contribution in [0, 0.1) is 0 Å². The summed E-state index contributed by atoms with van der Waals surface area (Å²) in [5.74, 6) is -0.438. The van der Waals surface area contributed by atoms with Gasteiger partial charge in [-0.1, -0.05) is 24.3 Å². The molecular weight excluding hydrogens is 314 g/mol. The van der Waals surface area contributed by atoms with Crippen molar-refractivity contribution in [3.05, 3.63) is 95.0 Å². The van der Waals surface area contributed by atoms with Gasteiger partial charge in [0.2, 0.25) is 5.43 Å². The Labute approximate surface area is 143 Å². The van der Waals surface area contributed by atoms with Crippen molar-refractivity contribution in [3.8, 4) is 5.69 Å². The first-order chi connectivity index (χ1) is 12.2. The minimum absolute atomic E-state index is 0.0843. The van der Waals surface area contributed by atoms with E-state index in [1.165, 1.54) is 6.20 Å². The molecule has 0 aliphatic rings. The molecule has 4 rings (SSSR count). The predicted octanol–water partition coefficient (Wildman–Crippen LogP) is 3.57. The number of benzene rings is 2. The van der Waals surface area contributed by atoms with Gasteiger partial charge in [-0.25, -0.2) is 0 Å². The van der Waals surface area contributed by atoms with Crippen LogP contribution in [0.4, 0.5) is 5.69 Å². The monoisotopic (exact) mass is 329 g/mol. The number of amides is 1. The molecule has 0 saturated carbocycles. The lowest BCUT2D eigenvalue weighted by Crippen LogP contribution is -2.22. The van der Waals surface area contributed by atoms with Crippen molar-refractivity contribution < 1.29 is 4.79 Å². The fourth-order valence-electron chi connectivity index (χ4n) is 2.83. The van der Waals surface area contributed by atoms with Crippen molar-refractivity contribution in [2.75, 3.05) is 5.32 Å². The van der Waals surface area contributed by atoms with E-state index in [0.717, 1.165) is 5.69 Å². The van der Waals surface area contributed by atoms with Gasteiger partial charge in [-0.15, -0.1) is 0 Å². The number of anilines is 1. The summed E-state index contributed by atoms with van der Waals surface area (Å²) >= 11 is 0. The van der Waals surface area contributed by atoms with Crippen LogP contribution >= 0.6 is 0 Å². The van der Waals surface area contributed by atoms with Gasteiger partial charge >= 0.3 is 0 Å². The minimum atomic E-state index is -0.438. The maximum Gasteiger partial charge on any atom is 0.261 e. The topological polar surface area (TPSA) is 66.9 Å². The number of carbonyl (C=O) groups excluding carboxylic acids is 1. The molecule has 0 fully saturated rings. The zero-order valence-corrected chi connectivity index (χ0v) is 13.3. The Morgan fingerprint density at radius 3 is 2.48 bits per heavy atom. The summed E-state index contributed by atoms with van der Waals surface area (Å²) in [6, 6.07) is 18.4. The van der Waals surface area contributed by atoms with Crippen LogP contribution in [0.1, 0.15) is 10.4 Å². The van der Waals surface area contributed by atoms with Crippen LogP contribution in [0.2, 0.25) is 0 Å². The fraction of sp³-hybridized carbons (Fsp3) is 0. The van der Waals surface area contributed by atoms with Crippen LogP contribution in [0.5, 0.6) is 0 Å². The Hall–Kier alpha value is -3.60. The van der Waals surface area contributed by atoms with Crippen molar-refractivity contribution in [1.82, 2.24) is 9.55 Å². The molecule has 2 aromatic heterocycles. The number of carbonyl (C=O) groups is 1. The smallest absolute Gasteiger partial charge is 0.261 e. The quantitative estimate of drug-likeness (QED) is 0.603. The molecule has 0 aliphatic heterocycles. The van der Waals surface area contributed by atoms with Crippen LogP contribution in [0.25, 0.3) is 16.6 Å². The summed E-state index contributed by atoms with van der Waals surface area (Å²) < 4.78 is 1.90. The number of fused-ring (bicyclic) bond motifs is 1. The van der Waals surface area contributed by atoms with Crippen molar-refractivity contribution in [1.29, 1.82) is 0 Å². The molecule has 0 radical (unpaired) electrons. The number of rotatable bonds is 3. The number of para-hydroxylation sites is 3. The average molecular weight is 329 g/mol. The lowest BCUT2D eigenvalue weighted by Gasteiger charge is -2.12. The number of aromatic nitrogens is 2. The van der Waals surface area contributed by atoms with Crippen molar-refractivity contribution >= 4 is 22.5 Å². The van der Waals surface area contributed by atoms with Gasteiger partial charge in [0.25, 0.3) is 5.91 Å². The lowest BCUT2D eigenvalue weighted by atomic mass is 10.1. The molecule has 0 unspecified atom stereocenters. The zero-order chi connectivity index (χ0) is 17.2. The van der Waals surface area contributed by atoms with Gasteiger partial charge in [0.1, 0.15) is 5.56 Å². The molecule has 0 aliphatic carbocycles. The van der Waals surface area contributed by atoms with Gasteiger partial charge in [0.15, 0.2) is 0 Å². The van der Waals surface area contributed by atoms with Crippen molar-refractivity contribution in [2.24, 2.45) is 0 Å². The SMILES string of the molecule is O=C(Nc1ccccc1-n1cccc1)c1c[nH]c2ccccc2c1=O. The predicted molar refractivity (Wildman–Crippen MR) is 98.3 cm³/mol. The molecule has 2 aromatic carbocycles. The van der Waals surface area contributed by atoms with Gasteiger partial charge in [-0.05, 0) is 36.4 Å². The molecule has 0 spiro atoms. The Balaban J connectivity index is 1.72. The highest BCUT2D eigenvalue weighted by Gasteiger charge is 2.14. The van der Waals surface area contributed by atoms with Crippen molar-refractivity contribution in [2.45, 2.75) is 0 Å². The average Bonchev–Trinajstić information content (AvgIpc) is 3.17. The Bertz CT molecular complexity index is 1110. The molecule has 0 atom stereocenters. The number of hydrogen-bond acceptors (Lipinski definition) is 2. The molecule has 1 amide bonds. The van der Waals surface area contributed by atoms with Gasteiger partial charge in [-0.3, -0.25) is 9.59 Å². The maximum atomic E-state index is 12.7. The summed E-state index contributed by atoms with van der Waals surface area (Å²) in [4.78, 5) is 28.3. The maximum absolute atomic E-state index is 12.7. The number of hydrogen-bond donors (Lipinski definition) is 2. The standard InChI is InChI=1S/C20H15N3O2/c24-19-14-7-1-2-8-16(14)21-13-15(19)20(25)22-17-9-3-4-10-18(17)23-11-5-6-12-23/h1-13H,(H,21,24)(H,22,25). The van der Waals surface area contributed by atoms with Gasteiger partial charge in [-0.2, -0.15) is 0 Å². The van der Waals surface area contributed by atoms with Crippen LogP contribution in [0.15, 0.2) is 84.0 Å². The Morgan fingerprint density at radius 1 is 0.920 bits per heavy atom. The molecule has 2 N–H and O–H groups in total. The third-order valence-electron chi connectivity index (χ3n) is 4.07. The highest BCUT2D eigenvalue weighted by molar-refractivity contribution is 6.06. The first-order valence-electron chi connectivity index (χ1n) is 7.88. The van der Waals surface area contributed by atoms with Crippen LogP contribution < -0.4 is 10.7 Å². The molecule has 122 valence electrons. The van der Waals surface area contributed by atoms with Gasteiger partial charge in [0, 0.05) is 29.5 Å². The molecule has 5 nitrogen and oxygen atoms in total. The molecule has 25 heavy (non-hydrogen) atoms. The molecule has 0 bridgehead atoms. The van der Waals surface area contributed by atoms with E-state index in [-0.39, 0.29) is 11.0 Å². The summed E-state index contributed by atoms with van der Waals surface area (Å²) in [5, 5.41) is 3.34. The third-order valence-corrected chi connectivity index (χ3v) is 4.07. The zero-order valence-electron chi connectivity index (χ0n) is 13.3. The molecule has 0 saturated heterocycles. The number of pyridine rings is 1. The summed E-state index contributed by atoms with van der Waals surface area (Å²) in [6.45, 7) is 0. The van der Waals surface area contributed by atoms with Crippen LogP contribution in [-0.4, -0.2) is 15.5 Å². The first kappa shape index (κ1) is 15.0. The van der Waals surface area contributed by atoms with E-state index in [9.17, 15) is 9.59 Å². The molecular formula is C20H15N3O2. The summed E-state index contributed by atoms with van der Waals surface area (Å²) in [5.41, 5.74) is 1.97. The minimum Gasteiger partial charge on any atom is -0.360 e. The second kappa shape index (κ2) is 6.13. The largest absolute Gasteiger partial charge is 0.360 e. The van der Waals surface area contributed by atoms with E-state index in [2.05, 4.69) is 10.3 Å². The van der Waals surface area contributed by atoms with E-state index in [0.29, 0.717) is 16.6 Å². The fourth-order valence-corrected chi connectivity index (χ4v) is 2.83. The number of nitrogens with one attached hydrogen (secondary N) is 2. The van der Waals surface area contributed by atoms with E-state index in [4.69, 9.17) is 0 Å². The van der Waals surface area contributed by atoms with E-state index < -0.39 is 5.91 Å². The third kappa shape index (κ3) is 2.72. The number of nitrogens with zero attached hydrogens (tertiary/aromatic N) is 1. The van der Waals surface area contributed by atoms with E-state index in [1.807, 2.05) is 59.4 Å². The molecule has 5 heteroatoms. The first-order valence-corrected chi connectivity index (χ1v) is 7.88. The number of H-pyrrole nitrogens is 1. The highest BCUT2D eigenvalue weighted by Crippen LogP contribution is 2.20. The Morgan fingerprint density at radius 2 is 1.64 bits per heavy atom. The Kier molecular flexibility index (Phi) is 3.67. The second-order valence-electron chi connectivity index (χ2n) is 5.64. The second-order valence-corrected chi connectivity index (χ2v) is 5.64. The number of aromatic amines is 1. The normalized spacial score (nSPS) is 10.7. The lowest BCUT2D eigenvalue weighted by molar-refractivity contribution is 0.102. The molecule has 2 heterocycles. The van der Waals surface area contributed by atoms with Crippen LogP contribution in [-0.2, 0) is 0 Å². The van der Waals surface area contributed by atoms with E-state index >= 15 is 0 Å². The molecule has 4 aromatic rings. The van der Waals surface area contributed by atoms with E-state index in [1.54, 1.807) is 18.2 Å². The summed E-state index contributed by atoms with van der Waals surface area (Å²) in [7, 11) is 0. The van der Waals surface area contributed by atoms with Gasteiger partial charge < -0.3 is 14.9 Å². The van der Waals surface area contributed by atoms with Crippen LogP contribution in [0.3, 0.4) is 0 Å². The van der Waals surface area contributed by atoms with Gasteiger partial charge in [0.05, 0.1) is 11.4 Å². The highest BCUT2D eigenvalue weighted by atomic mass is 16.2.